The summed E-state index contributed by atoms with van der Waals surface area (Å²) in [5.74, 6) is -0.621. The van der Waals surface area contributed by atoms with Gasteiger partial charge in [-0.05, 0) is 61.9 Å². The molecule has 1 aliphatic rings. The molecule has 4 N–H and O–H groups in total. The van der Waals surface area contributed by atoms with Crippen molar-refractivity contribution in [1.82, 2.24) is 20.9 Å². The van der Waals surface area contributed by atoms with Crippen LogP contribution < -0.4 is 16.0 Å². The molecule has 9 heteroatoms. The van der Waals surface area contributed by atoms with Crippen LogP contribution in [0.2, 0.25) is 0 Å². The normalized spacial score (nSPS) is 17.3. The molecule has 1 fully saturated rings. The zero-order valence-electron chi connectivity index (χ0n) is 24.6. The number of hydrogen-bond acceptors (Lipinski definition) is 5. The van der Waals surface area contributed by atoms with Gasteiger partial charge in [-0.3, -0.25) is 9.59 Å². The zero-order chi connectivity index (χ0) is 30.3. The number of thioether (sulfide) groups is 1. The summed E-state index contributed by atoms with van der Waals surface area (Å²) in [6.07, 6.45) is -1.32. The number of nitrogens with one attached hydrogen (secondary N) is 3. The van der Waals surface area contributed by atoms with Crippen molar-refractivity contribution in [2.24, 2.45) is 0 Å². The molecule has 42 heavy (non-hydrogen) atoms. The highest BCUT2D eigenvalue weighted by Crippen LogP contribution is 2.40. The molecule has 0 aromatic heterocycles. The Bertz CT molecular complexity index is 1400. The highest BCUT2D eigenvalue weighted by atomic mass is 32.2. The number of benzene rings is 3. The maximum absolute atomic E-state index is 13.8. The summed E-state index contributed by atoms with van der Waals surface area (Å²) in [7, 11) is 0. The van der Waals surface area contributed by atoms with E-state index in [4.69, 9.17) is 0 Å². The van der Waals surface area contributed by atoms with Gasteiger partial charge < -0.3 is 26.0 Å². The minimum Gasteiger partial charge on any atom is -0.381 e. The number of urea groups is 1. The van der Waals surface area contributed by atoms with Crippen LogP contribution in [0.25, 0.3) is 0 Å². The molecule has 0 spiro atoms. The van der Waals surface area contributed by atoms with Gasteiger partial charge in [0.05, 0.1) is 11.9 Å². The Kier molecular flexibility index (Phi) is 10.3. The largest absolute Gasteiger partial charge is 0.381 e. The molecule has 8 nitrogen and oxygen atoms in total. The van der Waals surface area contributed by atoms with Crippen LogP contribution in [0, 0.1) is 13.8 Å². The lowest BCUT2D eigenvalue weighted by Gasteiger charge is -2.33. The molecule has 0 bridgehead atoms. The van der Waals surface area contributed by atoms with Crippen molar-refractivity contribution in [2.75, 3.05) is 5.88 Å². The number of carbonyl (C=O) groups is 3. The summed E-state index contributed by atoms with van der Waals surface area (Å²) >= 11 is 1.48. The van der Waals surface area contributed by atoms with Gasteiger partial charge in [-0.25, -0.2) is 4.79 Å². The second kappa shape index (κ2) is 13.9. The Morgan fingerprint density at radius 1 is 0.881 bits per heavy atom. The van der Waals surface area contributed by atoms with Gasteiger partial charge in [0.1, 0.15) is 6.04 Å². The van der Waals surface area contributed by atoms with E-state index in [9.17, 15) is 19.5 Å². The number of aliphatic hydroxyl groups excluding tert-OH is 1. The van der Waals surface area contributed by atoms with Gasteiger partial charge in [-0.1, -0.05) is 78.9 Å². The lowest BCUT2D eigenvalue weighted by Crippen LogP contribution is -2.59. The first-order chi connectivity index (χ1) is 20.1. The Morgan fingerprint density at radius 3 is 2.02 bits per heavy atom. The predicted octanol–water partition coefficient (Wildman–Crippen LogP) is 4.07. The highest BCUT2D eigenvalue weighted by Gasteiger charge is 2.49. The molecule has 1 unspecified atom stereocenters. The number of amides is 4. The fourth-order valence-corrected chi connectivity index (χ4v) is 6.30. The third-order valence-corrected chi connectivity index (χ3v) is 9.12. The highest BCUT2D eigenvalue weighted by molar-refractivity contribution is 8.00. The van der Waals surface area contributed by atoms with Crippen molar-refractivity contribution in [3.05, 3.63) is 107 Å². The lowest BCUT2D eigenvalue weighted by molar-refractivity contribution is -0.147. The summed E-state index contributed by atoms with van der Waals surface area (Å²) in [4.78, 5) is 41.7. The van der Waals surface area contributed by atoms with Gasteiger partial charge in [0.15, 0.2) is 6.10 Å². The molecule has 1 heterocycles. The Morgan fingerprint density at radius 2 is 1.43 bits per heavy atom. The number of rotatable bonds is 10. The average Bonchev–Trinajstić information content (AvgIpc) is 3.30. The van der Waals surface area contributed by atoms with E-state index in [0.717, 1.165) is 27.8 Å². The van der Waals surface area contributed by atoms with E-state index in [1.54, 1.807) is 0 Å². The van der Waals surface area contributed by atoms with Crippen LogP contribution in [0.5, 0.6) is 0 Å². The van der Waals surface area contributed by atoms with Crippen molar-refractivity contribution in [1.29, 1.82) is 0 Å². The summed E-state index contributed by atoms with van der Waals surface area (Å²) in [6.45, 7) is 8.45. The second-order valence-corrected chi connectivity index (χ2v) is 12.8. The van der Waals surface area contributed by atoms with Crippen LogP contribution in [0.1, 0.15) is 41.7 Å². The van der Waals surface area contributed by atoms with E-state index in [1.165, 1.54) is 16.7 Å². The summed E-state index contributed by atoms with van der Waals surface area (Å²) in [5, 5.41) is 20.1. The molecular formula is C33H40N4O4S. The van der Waals surface area contributed by atoms with Crippen LogP contribution in [0.15, 0.2) is 78.9 Å². The molecule has 222 valence electrons. The van der Waals surface area contributed by atoms with Crippen molar-refractivity contribution in [3.8, 4) is 0 Å². The summed E-state index contributed by atoms with van der Waals surface area (Å²) in [6, 6.07) is 22.8. The lowest BCUT2D eigenvalue weighted by atomic mass is 9.97. The van der Waals surface area contributed by atoms with Crippen molar-refractivity contribution in [2.45, 2.75) is 70.1 Å². The Hall–Kier alpha value is -3.82. The number of hydrogen-bond donors (Lipinski definition) is 4. The Labute approximate surface area is 252 Å². The van der Waals surface area contributed by atoms with Crippen LogP contribution in [0.3, 0.4) is 0 Å². The first-order valence-electron chi connectivity index (χ1n) is 14.1. The molecule has 3 aromatic rings. The smallest absolute Gasteiger partial charge is 0.315 e. The molecule has 0 radical (unpaired) electrons. The van der Waals surface area contributed by atoms with Crippen LogP contribution in [-0.2, 0) is 29.1 Å². The molecule has 1 aliphatic heterocycles. The van der Waals surface area contributed by atoms with Gasteiger partial charge >= 0.3 is 6.03 Å². The maximum Gasteiger partial charge on any atom is 0.315 e. The number of aryl methyl sites for hydroxylation is 2. The maximum atomic E-state index is 13.8. The first kappa shape index (κ1) is 31.1. The van der Waals surface area contributed by atoms with E-state index in [0.29, 0.717) is 13.1 Å². The fraction of sp³-hybridized carbons (Fsp3) is 0.364. The standard InChI is InChI=1S/C33H40N4O4S/c1-22-12-8-10-16-25(22)19-34-30(39)29-33(3,4)42-21-37(29)31(40)28(38)27(18-24-14-6-5-7-15-24)36-32(41)35-20-26-17-11-9-13-23(26)2/h5-17,27-29,38H,18-21H2,1-4H3,(H,34,39)(H2,35,36,41)/t27-,28-,29?/m0/s1. The summed E-state index contributed by atoms with van der Waals surface area (Å²) in [5.41, 5.74) is 4.94. The minimum absolute atomic E-state index is 0.236. The first-order valence-corrected chi connectivity index (χ1v) is 15.1. The van der Waals surface area contributed by atoms with E-state index < -0.39 is 34.9 Å². The molecule has 3 aromatic carbocycles. The van der Waals surface area contributed by atoms with Crippen molar-refractivity contribution >= 4 is 29.6 Å². The average molecular weight is 589 g/mol. The molecular weight excluding hydrogens is 548 g/mol. The fourth-order valence-electron chi connectivity index (χ4n) is 5.16. The quantitative estimate of drug-likeness (QED) is 0.286. The van der Waals surface area contributed by atoms with Crippen LogP contribution in [-0.4, -0.2) is 56.7 Å². The van der Waals surface area contributed by atoms with E-state index in [2.05, 4.69) is 16.0 Å². The van der Waals surface area contributed by atoms with Gasteiger partial charge in [0.25, 0.3) is 5.91 Å². The number of aliphatic hydroxyl groups is 1. The van der Waals surface area contributed by atoms with Gasteiger partial charge in [0, 0.05) is 17.8 Å². The topological polar surface area (TPSA) is 111 Å². The van der Waals surface area contributed by atoms with Gasteiger partial charge in [-0.2, -0.15) is 0 Å². The van der Waals surface area contributed by atoms with Crippen molar-refractivity contribution < 1.29 is 19.5 Å². The predicted molar refractivity (Wildman–Crippen MR) is 167 cm³/mol. The second-order valence-electron chi connectivity index (χ2n) is 11.2. The third-order valence-electron chi connectivity index (χ3n) is 7.74. The van der Waals surface area contributed by atoms with Crippen molar-refractivity contribution in [3.63, 3.8) is 0 Å². The van der Waals surface area contributed by atoms with Crippen LogP contribution in [0.4, 0.5) is 4.79 Å². The molecule has 4 rings (SSSR count). The third kappa shape index (κ3) is 7.72. The van der Waals surface area contributed by atoms with Gasteiger partial charge in [-0.15, -0.1) is 11.8 Å². The van der Waals surface area contributed by atoms with Gasteiger partial charge in [0.2, 0.25) is 5.91 Å². The van der Waals surface area contributed by atoms with E-state index in [-0.39, 0.29) is 18.2 Å². The van der Waals surface area contributed by atoms with E-state index in [1.807, 2.05) is 107 Å². The molecule has 1 saturated heterocycles. The Balaban J connectivity index is 1.48. The SMILES string of the molecule is Cc1ccccc1CNC(=O)N[C@@H](Cc1ccccc1)[C@H](O)C(=O)N1CSC(C)(C)C1C(=O)NCc1ccccc1C. The van der Waals surface area contributed by atoms with E-state index >= 15 is 0 Å². The molecule has 3 atom stereocenters. The van der Waals surface area contributed by atoms with Crippen LogP contribution >= 0.6 is 11.8 Å². The summed E-state index contributed by atoms with van der Waals surface area (Å²) < 4.78 is -0.571. The molecule has 0 saturated carbocycles. The monoisotopic (exact) mass is 588 g/mol. The number of nitrogens with zero attached hydrogens (tertiary/aromatic N) is 1. The molecule has 0 aliphatic carbocycles. The molecule has 4 amide bonds. The number of carbonyl (C=O) groups excluding carboxylic acids is 3. The minimum atomic E-state index is -1.56. The zero-order valence-corrected chi connectivity index (χ0v) is 25.4.